The van der Waals surface area contributed by atoms with Gasteiger partial charge in [-0.25, -0.2) is 4.57 Å². The van der Waals surface area contributed by atoms with Gasteiger partial charge in [-0.3, -0.25) is 9.79 Å². The molecule has 120 valence electrons. The van der Waals surface area contributed by atoms with Crippen LogP contribution in [0.25, 0.3) is 0 Å². The Morgan fingerprint density at radius 2 is 1.52 bits per heavy atom. The van der Waals surface area contributed by atoms with Gasteiger partial charge in [0.05, 0.1) is 0 Å². The highest BCUT2D eigenvalue weighted by atomic mass is 31.2. The summed E-state index contributed by atoms with van der Waals surface area (Å²) in [5.74, 6) is 0.300. The molecule has 0 radical (unpaired) electrons. The third-order valence-corrected chi connectivity index (χ3v) is 3.92. The van der Waals surface area contributed by atoms with Crippen LogP contribution in [0.4, 0.5) is 0 Å². The summed E-state index contributed by atoms with van der Waals surface area (Å²) in [6.07, 6.45) is 10.7. The molecular formula is C16H27O4P. The molecule has 0 heterocycles. The van der Waals surface area contributed by atoms with Crippen LogP contribution in [-0.2, 0) is 11.0 Å². The topological polar surface area (TPSA) is 66.8 Å². The number of phosphoric acid groups is 1. The maximum atomic E-state index is 10.9. The maximum Gasteiger partial charge on any atom is 0.524 e. The molecule has 0 spiro atoms. The van der Waals surface area contributed by atoms with Crippen LogP contribution in [0.3, 0.4) is 0 Å². The van der Waals surface area contributed by atoms with Gasteiger partial charge in [0.1, 0.15) is 5.75 Å². The van der Waals surface area contributed by atoms with E-state index in [1.807, 2.05) is 12.1 Å². The normalized spacial score (nSPS) is 11.6. The molecule has 0 bridgehead atoms. The van der Waals surface area contributed by atoms with Crippen molar-refractivity contribution in [2.45, 2.75) is 64.7 Å². The van der Waals surface area contributed by atoms with E-state index in [9.17, 15) is 4.57 Å². The van der Waals surface area contributed by atoms with E-state index < -0.39 is 7.82 Å². The molecule has 0 aliphatic heterocycles. The van der Waals surface area contributed by atoms with Crippen molar-refractivity contribution in [3.05, 3.63) is 29.8 Å². The molecule has 0 atom stereocenters. The van der Waals surface area contributed by atoms with Crippen LogP contribution in [0, 0.1) is 0 Å². The lowest BCUT2D eigenvalue weighted by Crippen LogP contribution is -1.95. The molecule has 0 aliphatic rings. The number of aryl methyl sites for hydroxylation is 1. The van der Waals surface area contributed by atoms with Crippen molar-refractivity contribution in [3.63, 3.8) is 0 Å². The molecule has 0 saturated heterocycles. The minimum absolute atomic E-state index is 0.300. The van der Waals surface area contributed by atoms with Crippen molar-refractivity contribution >= 4 is 7.82 Å². The molecule has 2 N–H and O–H groups in total. The fourth-order valence-corrected chi connectivity index (χ4v) is 2.81. The number of benzene rings is 1. The first-order chi connectivity index (χ1) is 10.0. The highest BCUT2D eigenvalue weighted by Crippen LogP contribution is 2.39. The monoisotopic (exact) mass is 314 g/mol. The maximum absolute atomic E-state index is 10.9. The molecule has 5 heteroatoms. The summed E-state index contributed by atoms with van der Waals surface area (Å²) < 4.78 is 15.6. The van der Waals surface area contributed by atoms with Crippen molar-refractivity contribution in [2.75, 3.05) is 0 Å². The summed E-state index contributed by atoms with van der Waals surface area (Å²) in [6, 6.07) is 7.07. The number of hydrogen-bond donors (Lipinski definition) is 2. The van der Waals surface area contributed by atoms with Crippen LogP contribution < -0.4 is 4.52 Å². The van der Waals surface area contributed by atoms with E-state index >= 15 is 0 Å². The first-order valence-electron chi connectivity index (χ1n) is 7.86. The zero-order valence-electron chi connectivity index (χ0n) is 12.8. The molecule has 1 aromatic carbocycles. The molecule has 21 heavy (non-hydrogen) atoms. The number of phosphoric ester groups is 1. The van der Waals surface area contributed by atoms with Crippen LogP contribution in [-0.4, -0.2) is 9.79 Å². The first-order valence-corrected chi connectivity index (χ1v) is 9.39. The standard InChI is InChI=1S/C16H27O4P/c1-2-3-4-5-6-7-8-9-12-15-13-10-11-14-16(15)20-21(17,18)19/h10-11,13-14H,2-9,12H2,1H3,(H2,17,18,19). The zero-order chi connectivity index (χ0) is 15.6. The molecule has 0 unspecified atom stereocenters. The number of unbranched alkanes of at least 4 members (excludes halogenated alkanes) is 7. The van der Waals surface area contributed by atoms with E-state index in [4.69, 9.17) is 14.3 Å². The van der Waals surface area contributed by atoms with E-state index in [0.29, 0.717) is 5.75 Å². The lowest BCUT2D eigenvalue weighted by Gasteiger charge is -2.11. The van der Waals surface area contributed by atoms with Gasteiger partial charge in [0, 0.05) is 0 Å². The van der Waals surface area contributed by atoms with E-state index in [-0.39, 0.29) is 0 Å². The Balaban J connectivity index is 2.27. The van der Waals surface area contributed by atoms with E-state index in [1.54, 1.807) is 12.1 Å². The van der Waals surface area contributed by atoms with E-state index in [2.05, 4.69) is 6.92 Å². The fraction of sp³-hybridized carbons (Fsp3) is 0.625. The van der Waals surface area contributed by atoms with Crippen molar-refractivity contribution in [3.8, 4) is 5.75 Å². The van der Waals surface area contributed by atoms with Crippen LogP contribution in [0.1, 0.15) is 63.9 Å². The van der Waals surface area contributed by atoms with Gasteiger partial charge in [-0.15, -0.1) is 0 Å². The highest BCUT2D eigenvalue weighted by Gasteiger charge is 2.17. The molecule has 0 aromatic heterocycles. The molecule has 4 nitrogen and oxygen atoms in total. The molecule has 0 aliphatic carbocycles. The Labute approximate surface area is 127 Å². The Morgan fingerprint density at radius 1 is 0.952 bits per heavy atom. The third-order valence-electron chi connectivity index (χ3n) is 3.49. The molecule has 0 fully saturated rings. The van der Waals surface area contributed by atoms with Crippen LogP contribution in [0.2, 0.25) is 0 Å². The second-order valence-electron chi connectivity index (χ2n) is 5.41. The van der Waals surface area contributed by atoms with Gasteiger partial charge >= 0.3 is 7.82 Å². The summed E-state index contributed by atoms with van der Waals surface area (Å²) in [7, 11) is -4.48. The Bertz CT molecular complexity index is 442. The summed E-state index contributed by atoms with van der Waals surface area (Å²) in [5.41, 5.74) is 0.867. The second kappa shape index (κ2) is 9.99. The quantitative estimate of drug-likeness (QED) is 0.453. The Morgan fingerprint density at radius 3 is 2.14 bits per heavy atom. The van der Waals surface area contributed by atoms with Gasteiger partial charge in [0.15, 0.2) is 0 Å². The van der Waals surface area contributed by atoms with Gasteiger partial charge in [-0.1, -0.05) is 70.1 Å². The molecule has 0 amide bonds. The van der Waals surface area contributed by atoms with Crippen LogP contribution >= 0.6 is 7.82 Å². The van der Waals surface area contributed by atoms with Crippen LogP contribution in [0.5, 0.6) is 5.75 Å². The van der Waals surface area contributed by atoms with Gasteiger partial charge < -0.3 is 4.52 Å². The van der Waals surface area contributed by atoms with Crippen LogP contribution in [0.15, 0.2) is 24.3 Å². The lowest BCUT2D eigenvalue weighted by atomic mass is 10.0. The number of rotatable bonds is 11. The van der Waals surface area contributed by atoms with E-state index in [1.165, 1.54) is 38.5 Å². The first kappa shape index (κ1) is 18.2. The smallest absolute Gasteiger partial charge is 0.404 e. The number of hydrogen-bond acceptors (Lipinski definition) is 2. The number of para-hydroxylation sites is 1. The summed E-state index contributed by atoms with van der Waals surface area (Å²) in [6.45, 7) is 2.22. The predicted octanol–water partition coefficient (Wildman–Crippen LogP) is 4.84. The molecule has 1 aromatic rings. The third kappa shape index (κ3) is 8.92. The minimum atomic E-state index is -4.48. The lowest BCUT2D eigenvalue weighted by molar-refractivity contribution is 0.282. The van der Waals surface area contributed by atoms with Crippen molar-refractivity contribution in [2.24, 2.45) is 0 Å². The molecular weight excluding hydrogens is 287 g/mol. The average Bonchev–Trinajstić information content (AvgIpc) is 2.42. The van der Waals surface area contributed by atoms with Crippen molar-refractivity contribution < 1.29 is 18.9 Å². The average molecular weight is 314 g/mol. The Hall–Kier alpha value is -0.830. The SMILES string of the molecule is CCCCCCCCCCc1ccccc1OP(=O)(O)O. The molecule has 1 rings (SSSR count). The largest absolute Gasteiger partial charge is 0.524 e. The van der Waals surface area contributed by atoms with Crippen molar-refractivity contribution in [1.82, 2.24) is 0 Å². The van der Waals surface area contributed by atoms with E-state index in [0.717, 1.165) is 24.8 Å². The van der Waals surface area contributed by atoms with Crippen molar-refractivity contribution in [1.29, 1.82) is 0 Å². The second-order valence-corrected chi connectivity index (χ2v) is 6.58. The summed E-state index contributed by atoms with van der Waals surface area (Å²) in [5, 5.41) is 0. The van der Waals surface area contributed by atoms with Gasteiger partial charge in [-0.05, 0) is 24.5 Å². The zero-order valence-corrected chi connectivity index (χ0v) is 13.7. The van der Waals surface area contributed by atoms with Gasteiger partial charge in [0.2, 0.25) is 0 Å². The highest BCUT2D eigenvalue weighted by molar-refractivity contribution is 7.46. The predicted molar refractivity (Wildman–Crippen MR) is 85.4 cm³/mol. The molecule has 0 saturated carbocycles. The summed E-state index contributed by atoms with van der Waals surface area (Å²) in [4.78, 5) is 17.8. The fourth-order valence-electron chi connectivity index (χ4n) is 2.38. The Kier molecular flexibility index (Phi) is 8.67. The minimum Gasteiger partial charge on any atom is -0.404 e. The summed E-state index contributed by atoms with van der Waals surface area (Å²) >= 11 is 0. The van der Waals surface area contributed by atoms with Gasteiger partial charge in [-0.2, -0.15) is 0 Å². The van der Waals surface area contributed by atoms with Gasteiger partial charge in [0.25, 0.3) is 0 Å².